The Hall–Kier alpha value is -2.36. The lowest BCUT2D eigenvalue weighted by molar-refractivity contribution is -0.117. The molecule has 1 spiro atoms. The van der Waals surface area contributed by atoms with Crippen molar-refractivity contribution in [1.82, 2.24) is 4.98 Å². The molecule has 0 aromatic carbocycles. The van der Waals surface area contributed by atoms with Crippen molar-refractivity contribution in [3.05, 3.63) is 48.2 Å². The summed E-state index contributed by atoms with van der Waals surface area (Å²) >= 11 is 0. The molecule has 1 aromatic heterocycles. The Morgan fingerprint density at radius 2 is 2.17 bits per heavy atom. The van der Waals surface area contributed by atoms with Gasteiger partial charge < -0.3 is 0 Å². The number of carbonyl (C=O) groups excluding carboxylic acids is 1. The maximum absolute atomic E-state index is 11.7. The van der Waals surface area contributed by atoms with E-state index in [1.165, 1.54) is 0 Å². The molecule has 4 heteroatoms. The van der Waals surface area contributed by atoms with E-state index in [4.69, 9.17) is 0 Å². The number of hydrogen-bond donors (Lipinski definition) is 0. The fourth-order valence-corrected chi connectivity index (χ4v) is 2.76. The van der Waals surface area contributed by atoms with Crippen LogP contribution in [0.5, 0.6) is 0 Å². The summed E-state index contributed by atoms with van der Waals surface area (Å²) in [7, 11) is 0. The third-order valence-electron chi connectivity index (χ3n) is 3.56. The first kappa shape index (κ1) is 9.65. The van der Waals surface area contributed by atoms with Crippen LogP contribution in [0.3, 0.4) is 0 Å². The van der Waals surface area contributed by atoms with Crippen LogP contribution in [0.2, 0.25) is 0 Å². The lowest BCUT2D eigenvalue weighted by Gasteiger charge is -2.32. The maximum Gasteiger partial charge on any atom is 0.247 e. The van der Waals surface area contributed by atoms with E-state index in [2.05, 4.69) is 15.0 Å². The SMILES string of the molecule is O=C1CC23C=CC=CC2=Nc2ncccc2C3=N1. The normalized spacial score (nSPS) is 27.2. The van der Waals surface area contributed by atoms with Gasteiger partial charge in [-0.1, -0.05) is 18.2 Å². The van der Waals surface area contributed by atoms with Gasteiger partial charge in [-0.05, 0) is 18.2 Å². The molecular formula is C14H9N3O. The zero-order valence-corrected chi connectivity index (χ0v) is 9.50. The number of aliphatic imine (C=N–C) groups is 2. The maximum atomic E-state index is 11.7. The molecule has 1 atom stereocenters. The molecule has 0 fully saturated rings. The number of amides is 1. The molecule has 3 aliphatic rings. The van der Waals surface area contributed by atoms with Gasteiger partial charge in [-0.3, -0.25) is 4.79 Å². The van der Waals surface area contributed by atoms with Crippen LogP contribution in [-0.4, -0.2) is 22.3 Å². The third-order valence-corrected chi connectivity index (χ3v) is 3.56. The first-order valence-electron chi connectivity index (χ1n) is 5.82. The molecule has 1 amide bonds. The quantitative estimate of drug-likeness (QED) is 0.690. The Balaban J connectivity index is 2.08. The van der Waals surface area contributed by atoms with Crippen LogP contribution in [0.15, 0.2) is 52.6 Å². The van der Waals surface area contributed by atoms with Gasteiger partial charge in [-0.2, -0.15) is 0 Å². The third kappa shape index (κ3) is 1.05. The highest BCUT2D eigenvalue weighted by Gasteiger charge is 2.48. The first-order valence-corrected chi connectivity index (χ1v) is 5.82. The average molecular weight is 235 g/mol. The summed E-state index contributed by atoms with van der Waals surface area (Å²) in [4.78, 5) is 24.8. The van der Waals surface area contributed by atoms with Gasteiger partial charge in [-0.15, -0.1) is 0 Å². The number of rotatable bonds is 0. The molecule has 4 nitrogen and oxygen atoms in total. The van der Waals surface area contributed by atoms with E-state index in [1.54, 1.807) is 6.20 Å². The van der Waals surface area contributed by atoms with E-state index < -0.39 is 5.41 Å². The Morgan fingerprint density at radius 3 is 3.11 bits per heavy atom. The van der Waals surface area contributed by atoms with E-state index in [1.807, 2.05) is 36.4 Å². The smallest absolute Gasteiger partial charge is 0.247 e. The van der Waals surface area contributed by atoms with Crippen LogP contribution in [0, 0.1) is 5.41 Å². The molecule has 0 saturated carbocycles. The summed E-state index contributed by atoms with van der Waals surface area (Å²) in [6, 6.07) is 3.77. The lowest BCUT2D eigenvalue weighted by atomic mass is 9.71. The van der Waals surface area contributed by atoms with Crippen LogP contribution in [0.25, 0.3) is 0 Å². The van der Waals surface area contributed by atoms with Gasteiger partial charge in [-0.25, -0.2) is 15.0 Å². The number of fused-ring (bicyclic) bond motifs is 2. The summed E-state index contributed by atoms with van der Waals surface area (Å²) in [6.45, 7) is 0. The van der Waals surface area contributed by atoms with E-state index >= 15 is 0 Å². The monoisotopic (exact) mass is 235 g/mol. The second-order valence-electron chi connectivity index (χ2n) is 4.59. The van der Waals surface area contributed by atoms with Crippen molar-refractivity contribution in [1.29, 1.82) is 0 Å². The molecule has 0 saturated heterocycles. The molecule has 4 rings (SSSR count). The number of allylic oxidation sites excluding steroid dienone is 4. The second-order valence-corrected chi connectivity index (χ2v) is 4.59. The van der Waals surface area contributed by atoms with Crippen LogP contribution in [-0.2, 0) is 4.79 Å². The molecular weight excluding hydrogens is 226 g/mol. The Morgan fingerprint density at radius 1 is 1.22 bits per heavy atom. The molecule has 3 heterocycles. The van der Waals surface area contributed by atoms with Gasteiger partial charge in [0.1, 0.15) is 0 Å². The van der Waals surface area contributed by atoms with Crippen molar-refractivity contribution in [3.63, 3.8) is 0 Å². The Kier molecular flexibility index (Phi) is 1.66. The number of carbonyl (C=O) groups is 1. The van der Waals surface area contributed by atoms with Gasteiger partial charge in [0.15, 0.2) is 5.82 Å². The molecule has 1 aromatic rings. The number of nitrogens with zero attached hydrogens (tertiary/aromatic N) is 3. The zero-order valence-electron chi connectivity index (χ0n) is 9.50. The molecule has 0 N–H and O–H groups in total. The van der Waals surface area contributed by atoms with Crippen molar-refractivity contribution in [2.45, 2.75) is 6.42 Å². The Bertz CT molecular complexity index is 697. The second kappa shape index (κ2) is 3.10. The molecule has 1 unspecified atom stereocenters. The minimum atomic E-state index is -0.456. The van der Waals surface area contributed by atoms with E-state index in [-0.39, 0.29) is 5.91 Å². The zero-order chi connectivity index (χ0) is 12.2. The van der Waals surface area contributed by atoms with Gasteiger partial charge in [0, 0.05) is 18.2 Å². The predicted octanol–water partition coefficient (Wildman–Crippen LogP) is 2.00. The number of aromatic nitrogens is 1. The molecule has 2 aliphatic heterocycles. The first-order chi connectivity index (χ1) is 8.79. The van der Waals surface area contributed by atoms with E-state index in [0.29, 0.717) is 12.2 Å². The van der Waals surface area contributed by atoms with Gasteiger partial charge >= 0.3 is 0 Å². The highest BCUT2D eigenvalue weighted by molar-refractivity contribution is 6.33. The molecule has 0 bridgehead atoms. The van der Waals surface area contributed by atoms with E-state index in [9.17, 15) is 4.79 Å². The predicted molar refractivity (Wildman–Crippen MR) is 68.2 cm³/mol. The molecule has 86 valence electrons. The minimum absolute atomic E-state index is 0.0886. The minimum Gasteiger partial charge on any atom is -0.273 e. The summed E-state index contributed by atoms with van der Waals surface area (Å²) in [5.41, 5.74) is 2.07. The molecule has 18 heavy (non-hydrogen) atoms. The molecule has 1 aliphatic carbocycles. The standard InChI is InChI=1S/C14H9N3O/c18-11-8-14-6-2-1-5-10(14)16-13-9(12(14)17-11)4-3-7-15-13/h1-7H,8H2. The molecule has 0 radical (unpaired) electrons. The van der Waals surface area contributed by atoms with Gasteiger partial charge in [0.25, 0.3) is 0 Å². The lowest BCUT2D eigenvalue weighted by Crippen LogP contribution is -2.38. The van der Waals surface area contributed by atoms with E-state index in [0.717, 1.165) is 17.0 Å². The van der Waals surface area contributed by atoms with Crippen LogP contribution in [0.4, 0.5) is 5.82 Å². The topological polar surface area (TPSA) is 54.7 Å². The van der Waals surface area contributed by atoms with Crippen LogP contribution < -0.4 is 0 Å². The van der Waals surface area contributed by atoms with Gasteiger partial charge in [0.2, 0.25) is 5.91 Å². The summed E-state index contributed by atoms with van der Waals surface area (Å²) in [6.07, 6.45) is 9.91. The van der Waals surface area contributed by atoms with Crippen molar-refractivity contribution < 1.29 is 4.79 Å². The number of hydrogen-bond acceptors (Lipinski definition) is 3. The fourth-order valence-electron chi connectivity index (χ4n) is 2.76. The van der Waals surface area contributed by atoms with Gasteiger partial charge in [0.05, 0.1) is 16.8 Å². The summed E-state index contributed by atoms with van der Waals surface area (Å²) < 4.78 is 0. The highest BCUT2D eigenvalue weighted by Crippen LogP contribution is 2.44. The van der Waals surface area contributed by atoms with Crippen LogP contribution in [0.1, 0.15) is 12.0 Å². The van der Waals surface area contributed by atoms with Crippen molar-refractivity contribution >= 4 is 23.1 Å². The van der Waals surface area contributed by atoms with Crippen molar-refractivity contribution in [2.75, 3.05) is 0 Å². The van der Waals surface area contributed by atoms with Crippen molar-refractivity contribution in [2.24, 2.45) is 15.4 Å². The van der Waals surface area contributed by atoms with Crippen LogP contribution >= 0.6 is 0 Å². The van der Waals surface area contributed by atoms with Crippen molar-refractivity contribution in [3.8, 4) is 0 Å². The number of pyridine rings is 1. The largest absolute Gasteiger partial charge is 0.273 e. The summed E-state index contributed by atoms with van der Waals surface area (Å²) in [5.74, 6) is 0.561. The highest BCUT2D eigenvalue weighted by atomic mass is 16.1. The Labute approximate surface area is 103 Å². The summed E-state index contributed by atoms with van der Waals surface area (Å²) in [5, 5.41) is 0. The average Bonchev–Trinajstić information content (AvgIpc) is 2.72. The fraction of sp³-hybridized carbons (Fsp3) is 0.143.